The van der Waals surface area contributed by atoms with Crippen LogP contribution in [0.15, 0.2) is 29.3 Å². The molecule has 0 amide bonds. The third-order valence-electron chi connectivity index (χ3n) is 4.72. The van der Waals surface area contributed by atoms with Crippen LogP contribution in [0.1, 0.15) is 31.7 Å². The van der Waals surface area contributed by atoms with E-state index in [9.17, 15) is 13.9 Å². The topological polar surface area (TPSA) is 60.3 Å². The predicted octanol–water partition coefficient (Wildman–Crippen LogP) is 3.15. The molecule has 0 radical (unpaired) electrons. The quantitative estimate of drug-likeness (QED) is 0.224. The van der Waals surface area contributed by atoms with E-state index in [1.54, 1.807) is 24.3 Å². The number of hydrogen-bond donors (Lipinski definition) is 2. The molecule has 1 aromatic rings. The molecule has 166 valence electrons. The molecule has 0 aliphatic carbocycles. The lowest BCUT2D eigenvalue weighted by Gasteiger charge is -2.29. The normalized spacial score (nSPS) is 15.9. The van der Waals surface area contributed by atoms with Crippen molar-refractivity contribution in [1.29, 1.82) is 0 Å². The Balaban J connectivity index is 0.00000420. The number of aliphatic imine (C=N–C) groups is 1. The van der Waals surface area contributed by atoms with Gasteiger partial charge < -0.3 is 25.0 Å². The van der Waals surface area contributed by atoms with Crippen LogP contribution in [0, 0.1) is 0 Å². The number of nitrogens with zero attached hydrogens (tertiary/aromatic N) is 3. The van der Waals surface area contributed by atoms with Crippen molar-refractivity contribution in [1.82, 2.24) is 15.1 Å². The summed E-state index contributed by atoms with van der Waals surface area (Å²) < 4.78 is 28.9. The molecule has 6 nitrogen and oxygen atoms in total. The summed E-state index contributed by atoms with van der Waals surface area (Å²) in [5.74, 6) is 0.983. The minimum absolute atomic E-state index is 0. The number of rotatable bonds is 9. The van der Waals surface area contributed by atoms with E-state index in [0.29, 0.717) is 6.54 Å². The molecule has 1 heterocycles. The Morgan fingerprint density at radius 1 is 1.31 bits per heavy atom. The van der Waals surface area contributed by atoms with Crippen LogP contribution in [0.2, 0.25) is 0 Å². The van der Waals surface area contributed by atoms with Gasteiger partial charge in [0.05, 0.1) is 6.10 Å². The SMILES string of the molecule is CCNC(=NCCCN1CCC(O)CC1)N(C)Cc1ccc(OC(F)F)cc1.I. The first-order chi connectivity index (χ1) is 13.5. The van der Waals surface area contributed by atoms with Crippen LogP contribution in [-0.4, -0.2) is 73.4 Å². The van der Waals surface area contributed by atoms with Crippen molar-refractivity contribution in [3.05, 3.63) is 29.8 Å². The fourth-order valence-electron chi connectivity index (χ4n) is 3.22. The van der Waals surface area contributed by atoms with Gasteiger partial charge in [0.25, 0.3) is 0 Å². The molecule has 1 aliphatic rings. The summed E-state index contributed by atoms with van der Waals surface area (Å²) in [6.07, 6.45) is 2.55. The van der Waals surface area contributed by atoms with E-state index in [1.807, 2.05) is 18.9 Å². The van der Waals surface area contributed by atoms with Crippen LogP contribution in [0.4, 0.5) is 8.78 Å². The zero-order valence-corrected chi connectivity index (χ0v) is 19.5. The number of guanidine groups is 1. The van der Waals surface area contributed by atoms with Crippen molar-refractivity contribution in [3.8, 4) is 5.75 Å². The summed E-state index contributed by atoms with van der Waals surface area (Å²) >= 11 is 0. The Labute approximate surface area is 189 Å². The summed E-state index contributed by atoms with van der Waals surface area (Å²) in [7, 11) is 1.96. The molecule has 1 aromatic carbocycles. The number of halogens is 3. The van der Waals surface area contributed by atoms with Crippen LogP contribution in [-0.2, 0) is 6.54 Å². The van der Waals surface area contributed by atoms with E-state index in [1.165, 1.54) is 0 Å². The first-order valence-corrected chi connectivity index (χ1v) is 9.91. The summed E-state index contributed by atoms with van der Waals surface area (Å²) in [6.45, 7) is 4.23. The largest absolute Gasteiger partial charge is 0.435 e. The first kappa shape index (κ1) is 25.8. The maximum Gasteiger partial charge on any atom is 0.387 e. The van der Waals surface area contributed by atoms with Gasteiger partial charge in [-0.25, -0.2) is 0 Å². The van der Waals surface area contributed by atoms with Gasteiger partial charge in [0, 0.05) is 39.8 Å². The third-order valence-corrected chi connectivity index (χ3v) is 4.72. The molecule has 0 aromatic heterocycles. The molecule has 0 saturated carbocycles. The van der Waals surface area contributed by atoms with E-state index < -0.39 is 6.61 Å². The zero-order valence-electron chi connectivity index (χ0n) is 17.2. The molecular weight excluding hydrogens is 493 g/mol. The highest BCUT2D eigenvalue weighted by Crippen LogP contribution is 2.16. The molecule has 1 fully saturated rings. The van der Waals surface area contributed by atoms with Gasteiger partial charge >= 0.3 is 6.61 Å². The van der Waals surface area contributed by atoms with E-state index in [4.69, 9.17) is 4.99 Å². The number of nitrogens with one attached hydrogen (secondary N) is 1. The van der Waals surface area contributed by atoms with E-state index in [-0.39, 0.29) is 35.8 Å². The van der Waals surface area contributed by atoms with Gasteiger partial charge in [-0.2, -0.15) is 8.78 Å². The van der Waals surface area contributed by atoms with Crippen molar-refractivity contribution in [3.63, 3.8) is 0 Å². The number of benzene rings is 1. The summed E-state index contributed by atoms with van der Waals surface area (Å²) in [5, 5.41) is 12.9. The standard InChI is InChI=1S/C20H32F2N4O2.HI/c1-3-23-20(24-11-4-12-26-13-9-17(27)10-14-26)25(2)15-16-5-7-18(8-6-16)28-19(21)22;/h5-8,17,19,27H,3-4,9-15H2,1-2H3,(H,23,24);1H. The molecule has 0 bridgehead atoms. The van der Waals surface area contributed by atoms with Gasteiger partial charge in [0.15, 0.2) is 5.96 Å². The maximum absolute atomic E-state index is 12.2. The highest BCUT2D eigenvalue weighted by atomic mass is 127. The summed E-state index contributed by atoms with van der Waals surface area (Å²) in [6, 6.07) is 6.66. The monoisotopic (exact) mass is 526 g/mol. The van der Waals surface area contributed by atoms with Crippen molar-refractivity contribution >= 4 is 29.9 Å². The molecule has 1 aliphatic heterocycles. The van der Waals surface area contributed by atoms with Gasteiger partial charge in [0.1, 0.15) is 5.75 Å². The molecule has 9 heteroatoms. The van der Waals surface area contributed by atoms with Gasteiger partial charge in [-0.1, -0.05) is 12.1 Å². The number of aliphatic hydroxyl groups excluding tert-OH is 1. The number of aliphatic hydroxyl groups is 1. The van der Waals surface area contributed by atoms with Crippen LogP contribution in [0.5, 0.6) is 5.75 Å². The molecule has 29 heavy (non-hydrogen) atoms. The number of ether oxygens (including phenoxy) is 1. The molecular formula is C20H33F2IN4O2. The Kier molecular flexibility index (Phi) is 12.4. The zero-order chi connectivity index (χ0) is 20.4. The second-order valence-corrected chi connectivity index (χ2v) is 7.04. The van der Waals surface area contributed by atoms with Crippen LogP contribution in [0.25, 0.3) is 0 Å². The fourth-order valence-corrected chi connectivity index (χ4v) is 3.22. The van der Waals surface area contributed by atoms with E-state index in [2.05, 4.69) is 15.0 Å². The molecule has 2 rings (SSSR count). The molecule has 1 saturated heterocycles. The highest BCUT2D eigenvalue weighted by Gasteiger charge is 2.16. The van der Waals surface area contributed by atoms with Gasteiger partial charge in [-0.15, -0.1) is 24.0 Å². The summed E-state index contributed by atoms with van der Waals surface area (Å²) in [4.78, 5) is 9.09. The molecule has 0 atom stereocenters. The Morgan fingerprint density at radius 2 is 1.97 bits per heavy atom. The van der Waals surface area contributed by atoms with Crippen LogP contribution < -0.4 is 10.1 Å². The summed E-state index contributed by atoms with van der Waals surface area (Å²) in [5.41, 5.74) is 0.988. The van der Waals surface area contributed by atoms with Gasteiger partial charge in [-0.05, 0) is 50.4 Å². The highest BCUT2D eigenvalue weighted by molar-refractivity contribution is 14.0. The molecule has 2 N–H and O–H groups in total. The Morgan fingerprint density at radius 3 is 2.55 bits per heavy atom. The molecule has 0 spiro atoms. The second kappa shape index (κ2) is 13.9. The fraction of sp³-hybridized carbons (Fsp3) is 0.650. The van der Waals surface area contributed by atoms with Crippen molar-refractivity contribution < 1.29 is 18.6 Å². The lowest BCUT2D eigenvalue weighted by atomic mass is 10.1. The minimum Gasteiger partial charge on any atom is -0.435 e. The van der Waals surface area contributed by atoms with Crippen molar-refractivity contribution in [2.45, 2.75) is 45.4 Å². The molecule has 0 unspecified atom stereocenters. The van der Waals surface area contributed by atoms with Crippen molar-refractivity contribution in [2.75, 3.05) is 39.8 Å². The Bertz CT molecular complexity index is 597. The Hall–Kier alpha value is -1.20. The maximum atomic E-state index is 12.2. The van der Waals surface area contributed by atoms with Crippen molar-refractivity contribution in [2.24, 2.45) is 4.99 Å². The minimum atomic E-state index is -2.81. The van der Waals surface area contributed by atoms with E-state index in [0.717, 1.165) is 63.5 Å². The number of alkyl halides is 2. The number of piperidine rings is 1. The van der Waals surface area contributed by atoms with Gasteiger partial charge in [0.2, 0.25) is 0 Å². The second-order valence-electron chi connectivity index (χ2n) is 7.04. The average Bonchev–Trinajstić information content (AvgIpc) is 2.66. The van der Waals surface area contributed by atoms with E-state index >= 15 is 0 Å². The third kappa shape index (κ3) is 9.90. The lowest BCUT2D eigenvalue weighted by Crippen LogP contribution is -2.39. The van der Waals surface area contributed by atoms with Gasteiger partial charge in [-0.3, -0.25) is 4.99 Å². The lowest BCUT2D eigenvalue weighted by molar-refractivity contribution is -0.0498. The average molecular weight is 526 g/mol. The number of hydrogen-bond acceptors (Lipinski definition) is 4. The smallest absolute Gasteiger partial charge is 0.387 e. The van der Waals surface area contributed by atoms with Crippen LogP contribution >= 0.6 is 24.0 Å². The predicted molar refractivity (Wildman–Crippen MR) is 122 cm³/mol. The first-order valence-electron chi connectivity index (χ1n) is 9.91. The van der Waals surface area contributed by atoms with Crippen LogP contribution in [0.3, 0.4) is 0 Å². The number of likely N-dealkylation sites (tertiary alicyclic amines) is 1.